The molecule has 2 rings (SSSR count). The van der Waals surface area contributed by atoms with Gasteiger partial charge in [-0.05, 0) is 55.8 Å². The van der Waals surface area contributed by atoms with Crippen molar-refractivity contribution in [2.24, 2.45) is 0 Å². The maximum absolute atomic E-state index is 12.8. The molecule has 0 fully saturated rings. The van der Waals surface area contributed by atoms with E-state index in [9.17, 15) is 9.59 Å². The van der Waals surface area contributed by atoms with Crippen molar-refractivity contribution in [2.45, 2.75) is 25.6 Å². The van der Waals surface area contributed by atoms with Crippen LogP contribution in [-0.2, 0) is 17.9 Å². The smallest absolute Gasteiger partial charge is 0.253 e. The molecular formula is C22H28ClN3O2S. The predicted molar refractivity (Wildman–Crippen MR) is 121 cm³/mol. The second kappa shape index (κ2) is 11.9. The molecule has 0 aliphatic carbocycles. The van der Waals surface area contributed by atoms with E-state index in [2.05, 4.69) is 21.6 Å². The first-order valence-electron chi connectivity index (χ1n) is 9.46. The van der Waals surface area contributed by atoms with Crippen molar-refractivity contribution in [3.05, 3.63) is 70.2 Å². The minimum absolute atomic E-state index is 0.195. The van der Waals surface area contributed by atoms with Crippen LogP contribution >= 0.6 is 23.4 Å². The van der Waals surface area contributed by atoms with Gasteiger partial charge in [0, 0.05) is 13.1 Å². The molecule has 0 bridgehead atoms. The van der Waals surface area contributed by atoms with Gasteiger partial charge in [-0.2, -0.15) is 11.8 Å². The van der Waals surface area contributed by atoms with E-state index in [-0.39, 0.29) is 11.8 Å². The molecule has 0 spiro atoms. The summed E-state index contributed by atoms with van der Waals surface area (Å²) >= 11 is 7.75. The quantitative estimate of drug-likeness (QED) is 0.601. The van der Waals surface area contributed by atoms with Crippen LogP contribution in [0.25, 0.3) is 0 Å². The molecule has 29 heavy (non-hydrogen) atoms. The van der Waals surface area contributed by atoms with Crippen molar-refractivity contribution >= 4 is 35.2 Å². The number of rotatable bonds is 10. The Balaban J connectivity index is 2.05. The van der Waals surface area contributed by atoms with Crippen LogP contribution in [0, 0.1) is 0 Å². The first kappa shape index (κ1) is 23.3. The number of benzene rings is 2. The standard InChI is InChI=1S/C22H28ClN3O2S/c1-26(2)15-17-9-5-4-8-16(17)14-24-22(28)20(12-13-29-3)25-21(27)18-10-6-7-11-19(18)23/h4-11,20H,12-15H2,1-3H3,(H,24,28)(H,25,27). The van der Waals surface area contributed by atoms with Crippen molar-refractivity contribution in [3.8, 4) is 0 Å². The fourth-order valence-corrected chi connectivity index (χ4v) is 3.61. The van der Waals surface area contributed by atoms with E-state index in [1.54, 1.807) is 36.0 Å². The highest BCUT2D eigenvalue weighted by atomic mass is 35.5. The van der Waals surface area contributed by atoms with Gasteiger partial charge in [0.25, 0.3) is 5.91 Å². The number of thioether (sulfide) groups is 1. The van der Waals surface area contributed by atoms with E-state index in [1.807, 2.05) is 38.6 Å². The summed E-state index contributed by atoms with van der Waals surface area (Å²) in [6.45, 7) is 1.21. The summed E-state index contributed by atoms with van der Waals surface area (Å²) < 4.78 is 0. The summed E-state index contributed by atoms with van der Waals surface area (Å²) in [6.07, 6.45) is 2.52. The van der Waals surface area contributed by atoms with Gasteiger partial charge >= 0.3 is 0 Å². The van der Waals surface area contributed by atoms with E-state index in [0.717, 1.165) is 17.9 Å². The highest BCUT2D eigenvalue weighted by molar-refractivity contribution is 7.98. The lowest BCUT2D eigenvalue weighted by atomic mass is 10.1. The second-order valence-corrected chi connectivity index (χ2v) is 8.40. The monoisotopic (exact) mass is 433 g/mol. The maximum atomic E-state index is 12.8. The molecule has 5 nitrogen and oxygen atoms in total. The van der Waals surface area contributed by atoms with Gasteiger partial charge in [0.1, 0.15) is 6.04 Å². The zero-order chi connectivity index (χ0) is 21.2. The average molecular weight is 434 g/mol. The molecular weight excluding hydrogens is 406 g/mol. The molecule has 1 atom stereocenters. The Bertz CT molecular complexity index is 829. The number of halogens is 1. The molecule has 7 heteroatoms. The van der Waals surface area contributed by atoms with E-state index >= 15 is 0 Å². The summed E-state index contributed by atoms with van der Waals surface area (Å²) in [5.41, 5.74) is 2.60. The van der Waals surface area contributed by atoms with Gasteiger partial charge in [0.2, 0.25) is 5.91 Å². The Kier molecular flexibility index (Phi) is 9.51. The molecule has 2 N–H and O–H groups in total. The molecule has 0 saturated heterocycles. The first-order chi connectivity index (χ1) is 13.9. The lowest BCUT2D eigenvalue weighted by molar-refractivity contribution is -0.123. The van der Waals surface area contributed by atoms with Crippen molar-refractivity contribution in [2.75, 3.05) is 26.1 Å². The second-order valence-electron chi connectivity index (χ2n) is 7.01. The van der Waals surface area contributed by atoms with E-state index in [0.29, 0.717) is 23.6 Å². The number of amides is 2. The van der Waals surface area contributed by atoms with Crippen LogP contribution in [-0.4, -0.2) is 48.9 Å². The molecule has 2 aromatic carbocycles. The van der Waals surface area contributed by atoms with Crippen molar-refractivity contribution in [3.63, 3.8) is 0 Å². The molecule has 0 radical (unpaired) electrons. The van der Waals surface area contributed by atoms with Crippen LogP contribution in [0.2, 0.25) is 5.02 Å². The molecule has 0 aliphatic rings. The minimum Gasteiger partial charge on any atom is -0.350 e. The lowest BCUT2D eigenvalue weighted by Gasteiger charge is -2.20. The van der Waals surface area contributed by atoms with Crippen molar-refractivity contribution < 1.29 is 9.59 Å². The highest BCUT2D eigenvalue weighted by Crippen LogP contribution is 2.15. The van der Waals surface area contributed by atoms with Gasteiger partial charge < -0.3 is 15.5 Å². The average Bonchev–Trinajstić information content (AvgIpc) is 2.70. The third-order valence-corrected chi connectivity index (χ3v) is 5.38. The predicted octanol–water partition coefficient (Wildman–Crippen LogP) is 3.57. The van der Waals surface area contributed by atoms with E-state index in [4.69, 9.17) is 11.6 Å². The Morgan fingerprint density at radius 1 is 1.07 bits per heavy atom. The fraction of sp³-hybridized carbons (Fsp3) is 0.364. The van der Waals surface area contributed by atoms with Crippen LogP contribution < -0.4 is 10.6 Å². The number of carbonyl (C=O) groups excluding carboxylic acids is 2. The van der Waals surface area contributed by atoms with Crippen molar-refractivity contribution in [1.29, 1.82) is 0 Å². The van der Waals surface area contributed by atoms with Crippen LogP contribution in [0.3, 0.4) is 0 Å². The largest absolute Gasteiger partial charge is 0.350 e. The highest BCUT2D eigenvalue weighted by Gasteiger charge is 2.22. The number of hydrogen-bond donors (Lipinski definition) is 2. The maximum Gasteiger partial charge on any atom is 0.253 e. The van der Waals surface area contributed by atoms with Gasteiger partial charge in [0.05, 0.1) is 10.6 Å². The lowest BCUT2D eigenvalue weighted by Crippen LogP contribution is -2.47. The molecule has 2 amide bonds. The zero-order valence-corrected chi connectivity index (χ0v) is 18.6. The summed E-state index contributed by atoms with van der Waals surface area (Å²) in [5, 5.41) is 6.18. The van der Waals surface area contributed by atoms with Gasteiger partial charge in [-0.15, -0.1) is 0 Å². The topological polar surface area (TPSA) is 61.4 Å². The summed E-state index contributed by atoms with van der Waals surface area (Å²) in [7, 11) is 4.02. The van der Waals surface area contributed by atoms with Gasteiger partial charge in [0.15, 0.2) is 0 Å². The number of carbonyl (C=O) groups is 2. The van der Waals surface area contributed by atoms with Gasteiger partial charge in [-0.1, -0.05) is 48.0 Å². The fourth-order valence-electron chi connectivity index (χ4n) is 2.92. The third-order valence-electron chi connectivity index (χ3n) is 4.41. The SMILES string of the molecule is CSCCC(NC(=O)c1ccccc1Cl)C(=O)NCc1ccccc1CN(C)C. The molecule has 0 aromatic heterocycles. The molecule has 0 saturated carbocycles. The van der Waals surface area contributed by atoms with Gasteiger partial charge in [-0.3, -0.25) is 9.59 Å². The Hall–Kier alpha value is -2.02. The van der Waals surface area contributed by atoms with Crippen LogP contribution in [0.15, 0.2) is 48.5 Å². The number of nitrogens with one attached hydrogen (secondary N) is 2. The van der Waals surface area contributed by atoms with E-state index < -0.39 is 6.04 Å². The Labute approximate surface area is 182 Å². The normalized spacial score (nSPS) is 11.9. The zero-order valence-electron chi connectivity index (χ0n) is 17.1. The minimum atomic E-state index is -0.618. The first-order valence-corrected chi connectivity index (χ1v) is 11.2. The third kappa shape index (κ3) is 7.38. The molecule has 156 valence electrons. The molecule has 0 heterocycles. The summed E-state index contributed by atoms with van der Waals surface area (Å²) in [5.74, 6) is 0.224. The van der Waals surface area contributed by atoms with Gasteiger partial charge in [-0.25, -0.2) is 0 Å². The Morgan fingerprint density at radius 3 is 2.38 bits per heavy atom. The number of hydrogen-bond acceptors (Lipinski definition) is 4. The van der Waals surface area contributed by atoms with Crippen LogP contribution in [0.4, 0.5) is 0 Å². The summed E-state index contributed by atoms with van der Waals surface area (Å²) in [6, 6.07) is 14.2. The van der Waals surface area contributed by atoms with Crippen molar-refractivity contribution in [1.82, 2.24) is 15.5 Å². The van der Waals surface area contributed by atoms with E-state index in [1.165, 1.54) is 5.56 Å². The number of nitrogens with zero attached hydrogens (tertiary/aromatic N) is 1. The Morgan fingerprint density at radius 2 is 1.72 bits per heavy atom. The molecule has 1 unspecified atom stereocenters. The van der Waals surface area contributed by atoms with Crippen LogP contribution in [0.1, 0.15) is 27.9 Å². The summed E-state index contributed by atoms with van der Waals surface area (Å²) in [4.78, 5) is 27.5. The van der Waals surface area contributed by atoms with Crippen LogP contribution in [0.5, 0.6) is 0 Å². The molecule has 2 aromatic rings. The molecule has 0 aliphatic heterocycles.